The predicted octanol–water partition coefficient (Wildman–Crippen LogP) is 0.301. The maximum Gasteiger partial charge on any atom is 1.00 e. The molecule has 0 amide bonds. The van der Waals surface area contributed by atoms with Crippen molar-refractivity contribution in [1.29, 1.82) is 0 Å². The van der Waals surface area contributed by atoms with Gasteiger partial charge in [0.25, 0.3) is 0 Å². The van der Waals surface area contributed by atoms with Crippen molar-refractivity contribution in [2.75, 3.05) is 0 Å². The number of hydrogen-bond acceptors (Lipinski definition) is 3. The van der Waals surface area contributed by atoms with Crippen LogP contribution in [0.2, 0.25) is 0 Å². The van der Waals surface area contributed by atoms with Gasteiger partial charge in [0, 0.05) is 5.97 Å². The van der Waals surface area contributed by atoms with E-state index in [-0.39, 0.29) is 42.1 Å². The van der Waals surface area contributed by atoms with Crippen LogP contribution in [0.5, 0.6) is 0 Å². The van der Waals surface area contributed by atoms with E-state index in [1.54, 1.807) is 0 Å². The first kappa shape index (κ1) is 23.9. The van der Waals surface area contributed by atoms with Crippen LogP contribution in [-0.4, -0.2) is 17.2 Å². The molecule has 1 unspecified atom stereocenters. The van der Waals surface area contributed by atoms with Gasteiger partial charge in [0.15, 0.2) is 0 Å². The molecule has 0 radical (unpaired) electrons. The zero-order valence-corrected chi connectivity index (χ0v) is 16.2. The molecule has 0 aliphatic heterocycles. The number of aliphatic hydroxyl groups is 1. The minimum absolute atomic E-state index is 0. The average Bonchev–Trinajstić information content (AvgIpc) is 2.42. The maximum absolute atomic E-state index is 10.2. The number of aliphatic hydroxyl groups excluding tert-OH is 1. The molecule has 0 saturated carbocycles. The van der Waals surface area contributed by atoms with Crippen LogP contribution in [0.4, 0.5) is 0 Å². The summed E-state index contributed by atoms with van der Waals surface area (Å²) in [6.45, 7) is 1.82. The number of aliphatic carboxylic acids is 1. The molecule has 0 aromatic heterocycles. The van der Waals surface area contributed by atoms with Crippen LogP contribution in [0, 0.1) is 0 Å². The van der Waals surface area contributed by atoms with Gasteiger partial charge in [0.05, 0.1) is 6.10 Å². The van der Waals surface area contributed by atoms with Gasteiger partial charge in [-0.25, -0.2) is 0 Å². The van der Waals surface area contributed by atoms with Crippen LogP contribution in [0.25, 0.3) is 0 Å². The van der Waals surface area contributed by atoms with E-state index >= 15 is 0 Å². The quantitative estimate of drug-likeness (QED) is 0.302. The zero-order valence-electron chi connectivity index (χ0n) is 14.2. The molecule has 22 heavy (non-hydrogen) atoms. The van der Waals surface area contributed by atoms with Crippen LogP contribution in [-0.2, 0) is 4.79 Å². The summed E-state index contributed by atoms with van der Waals surface area (Å²) in [6.07, 6.45) is 20.2. The van der Waals surface area contributed by atoms with E-state index in [9.17, 15) is 9.90 Å². The molecule has 4 heteroatoms. The van der Waals surface area contributed by atoms with Crippen molar-refractivity contribution in [3.63, 3.8) is 0 Å². The van der Waals surface area contributed by atoms with Gasteiger partial charge in [-0.1, -0.05) is 36.5 Å². The maximum atomic E-state index is 10.2. The largest absolute Gasteiger partial charge is 1.00 e. The second kappa shape index (κ2) is 18.7. The molecule has 0 aromatic rings. The molecule has 0 saturated heterocycles. The van der Waals surface area contributed by atoms with Gasteiger partial charge in [0.2, 0.25) is 0 Å². The van der Waals surface area contributed by atoms with Crippen molar-refractivity contribution >= 4 is 5.97 Å². The van der Waals surface area contributed by atoms with E-state index in [1.165, 1.54) is 0 Å². The van der Waals surface area contributed by atoms with Crippen LogP contribution in [0.3, 0.4) is 0 Å². The fourth-order valence-electron chi connectivity index (χ4n) is 1.84. The smallest absolute Gasteiger partial charge is 0.550 e. The minimum atomic E-state index is -0.958. The number of allylic oxidation sites excluding steroid dienone is 6. The molecule has 0 bridgehead atoms. The Balaban J connectivity index is 0. The van der Waals surface area contributed by atoms with E-state index in [0.717, 1.165) is 44.9 Å². The van der Waals surface area contributed by atoms with Crippen LogP contribution < -0.4 is 34.7 Å². The van der Waals surface area contributed by atoms with Crippen LogP contribution in [0.1, 0.15) is 64.7 Å². The van der Waals surface area contributed by atoms with Gasteiger partial charge in [-0.2, -0.15) is 0 Å². The zero-order chi connectivity index (χ0) is 15.8. The molecular weight excluding hydrogens is 287 g/mol. The van der Waals surface area contributed by atoms with Gasteiger partial charge in [0.1, 0.15) is 0 Å². The summed E-state index contributed by atoms with van der Waals surface area (Å²) in [5.74, 6) is -0.958. The second-order valence-corrected chi connectivity index (χ2v) is 5.28. The van der Waals surface area contributed by atoms with Gasteiger partial charge < -0.3 is 15.0 Å². The molecule has 120 valence electrons. The summed E-state index contributed by atoms with van der Waals surface area (Å²) in [4.78, 5) is 10.2. The van der Waals surface area contributed by atoms with Crippen molar-refractivity contribution < 1.29 is 44.6 Å². The summed E-state index contributed by atoms with van der Waals surface area (Å²) in [5, 5.41) is 19.3. The van der Waals surface area contributed by atoms with Gasteiger partial charge in [-0.15, -0.1) is 0 Å². The Hall–Kier alpha value is -0.350. The fourth-order valence-corrected chi connectivity index (χ4v) is 1.84. The number of unbranched alkanes of at least 4 members (excludes halogenated alkanes) is 3. The number of carbonyl (C=O) groups excluding carboxylic acids is 1. The molecule has 1 atom stereocenters. The normalized spacial score (nSPS) is 13.0. The molecule has 3 nitrogen and oxygen atoms in total. The minimum Gasteiger partial charge on any atom is -0.550 e. The third kappa shape index (κ3) is 21.9. The third-order valence-corrected chi connectivity index (χ3v) is 3.04. The van der Waals surface area contributed by atoms with Crippen molar-refractivity contribution in [2.45, 2.75) is 70.8 Å². The average molecular weight is 316 g/mol. The predicted molar refractivity (Wildman–Crippen MR) is 85.7 cm³/mol. The number of carboxylic acid groups (broad SMARTS) is 1. The van der Waals surface area contributed by atoms with Crippen molar-refractivity contribution in [3.05, 3.63) is 36.5 Å². The molecule has 0 spiro atoms. The monoisotopic (exact) mass is 316 g/mol. The van der Waals surface area contributed by atoms with E-state index < -0.39 is 5.97 Å². The number of rotatable bonds is 13. The Labute approximate surface area is 157 Å². The molecule has 0 aliphatic rings. The summed E-state index contributed by atoms with van der Waals surface area (Å²) in [6, 6.07) is 0. The Kier molecular flexibility index (Phi) is 20.3. The van der Waals surface area contributed by atoms with Crippen LogP contribution >= 0.6 is 0 Å². The molecule has 0 heterocycles. The molecular formula is C18H29NaO3. The Morgan fingerprint density at radius 3 is 1.95 bits per heavy atom. The number of hydrogen-bond donors (Lipinski definition) is 1. The van der Waals surface area contributed by atoms with Crippen molar-refractivity contribution in [2.24, 2.45) is 0 Å². The first-order valence-corrected chi connectivity index (χ1v) is 7.96. The standard InChI is InChI=1S/C18H30O3.Na/c1-17(19)15-13-11-9-7-5-3-2-4-6-8-10-12-14-16-18(20)21;/h2-3,6-9,17,19H,4-5,10-16H2,1H3,(H,20,21);/q;+1/p-1/b3-2-,8-6-,9-7-;. The Morgan fingerprint density at radius 2 is 1.45 bits per heavy atom. The van der Waals surface area contributed by atoms with Gasteiger partial charge in [-0.3, -0.25) is 0 Å². The summed E-state index contributed by atoms with van der Waals surface area (Å²) >= 11 is 0. The molecule has 1 N–H and O–H groups in total. The molecule has 0 rings (SSSR count). The summed E-state index contributed by atoms with van der Waals surface area (Å²) in [5.41, 5.74) is 0. The van der Waals surface area contributed by atoms with Gasteiger partial charge >= 0.3 is 29.6 Å². The number of carboxylic acids is 1. The second-order valence-electron chi connectivity index (χ2n) is 5.28. The summed E-state index contributed by atoms with van der Waals surface area (Å²) < 4.78 is 0. The Morgan fingerprint density at radius 1 is 0.955 bits per heavy atom. The fraction of sp³-hybridized carbons (Fsp3) is 0.611. The van der Waals surface area contributed by atoms with Crippen molar-refractivity contribution in [1.82, 2.24) is 0 Å². The van der Waals surface area contributed by atoms with E-state index in [0.29, 0.717) is 6.42 Å². The van der Waals surface area contributed by atoms with E-state index in [2.05, 4.69) is 36.5 Å². The first-order chi connectivity index (χ1) is 10.1. The van der Waals surface area contributed by atoms with E-state index in [4.69, 9.17) is 5.11 Å². The van der Waals surface area contributed by atoms with Gasteiger partial charge in [-0.05, 0) is 64.7 Å². The molecule has 0 fully saturated rings. The van der Waals surface area contributed by atoms with Crippen LogP contribution in [0.15, 0.2) is 36.5 Å². The number of carbonyl (C=O) groups is 1. The first-order valence-electron chi connectivity index (χ1n) is 7.96. The Bertz CT molecular complexity index is 333. The third-order valence-electron chi connectivity index (χ3n) is 3.04. The molecule has 0 aliphatic carbocycles. The topological polar surface area (TPSA) is 60.4 Å². The SMILES string of the molecule is CC(O)CCC/C=C\C/C=C\C/C=C\CCCCC(=O)[O-].[Na+]. The van der Waals surface area contributed by atoms with E-state index in [1.807, 2.05) is 6.92 Å². The molecule has 0 aromatic carbocycles. The van der Waals surface area contributed by atoms with Crippen molar-refractivity contribution in [3.8, 4) is 0 Å². The summed E-state index contributed by atoms with van der Waals surface area (Å²) in [7, 11) is 0.